The lowest BCUT2D eigenvalue weighted by atomic mass is 9.87. The molecule has 0 fully saturated rings. The first-order valence-electron chi connectivity index (χ1n) is 21.5. The highest BCUT2D eigenvalue weighted by molar-refractivity contribution is 6.11. The van der Waals surface area contributed by atoms with Gasteiger partial charge in [-0.1, -0.05) is 170 Å². The predicted octanol–water partition coefficient (Wildman–Crippen LogP) is 16.8. The van der Waals surface area contributed by atoms with Gasteiger partial charge in [0, 0.05) is 50.2 Å². The van der Waals surface area contributed by atoms with Crippen LogP contribution in [0.1, 0.15) is 0 Å². The molecule has 0 saturated carbocycles. The maximum absolute atomic E-state index is 6.54. The molecule has 0 unspecified atom stereocenters. The molecule has 0 aliphatic rings. The fourth-order valence-corrected chi connectivity index (χ4v) is 9.53. The Hall–Kier alpha value is -8.40. The Bertz CT molecular complexity index is 3600. The Morgan fingerprint density at radius 2 is 0.889 bits per heavy atom. The van der Waals surface area contributed by atoms with Gasteiger partial charge in [0.25, 0.3) is 0 Å². The highest BCUT2D eigenvalue weighted by Gasteiger charge is 2.24. The molecule has 0 aliphatic carbocycles. The SMILES string of the molecule is c1ccc(-c2ccccc2-c2c(-c3ccccc3)cccc2N(c2ccc(-c3ccc4c(c3)c3ccccc3n4-c3ccccc3)cc2)c2ccc3c(c2)oc2ccccc23)cc1. The van der Waals surface area contributed by atoms with Crippen molar-refractivity contribution in [2.75, 3.05) is 4.90 Å². The van der Waals surface area contributed by atoms with E-state index in [-0.39, 0.29) is 0 Å². The summed E-state index contributed by atoms with van der Waals surface area (Å²) in [4.78, 5) is 2.40. The van der Waals surface area contributed by atoms with Crippen LogP contribution in [0.3, 0.4) is 0 Å². The van der Waals surface area contributed by atoms with Crippen LogP contribution in [-0.2, 0) is 0 Å². The van der Waals surface area contributed by atoms with Gasteiger partial charge in [-0.05, 0) is 106 Å². The van der Waals surface area contributed by atoms with Crippen LogP contribution >= 0.6 is 0 Å². The van der Waals surface area contributed by atoms with E-state index in [1.807, 2.05) is 12.1 Å². The van der Waals surface area contributed by atoms with Crippen LogP contribution in [0.2, 0.25) is 0 Å². The van der Waals surface area contributed by atoms with E-state index in [1.54, 1.807) is 0 Å². The highest BCUT2D eigenvalue weighted by atomic mass is 16.3. The molecular formula is C60H40N2O. The van der Waals surface area contributed by atoms with E-state index in [2.05, 4.69) is 240 Å². The third-order valence-electron chi connectivity index (χ3n) is 12.4. The zero-order valence-electron chi connectivity index (χ0n) is 34.4. The third kappa shape index (κ3) is 6.29. The van der Waals surface area contributed by atoms with E-state index in [0.29, 0.717) is 0 Å². The second-order valence-corrected chi connectivity index (χ2v) is 16.1. The lowest BCUT2D eigenvalue weighted by Crippen LogP contribution is -2.12. The van der Waals surface area contributed by atoms with Crippen molar-refractivity contribution in [3.63, 3.8) is 0 Å². The number of furan rings is 1. The van der Waals surface area contributed by atoms with Crippen molar-refractivity contribution in [2.24, 2.45) is 0 Å². The third-order valence-corrected chi connectivity index (χ3v) is 12.4. The molecule has 0 aliphatic heterocycles. The lowest BCUT2D eigenvalue weighted by molar-refractivity contribution is 0.669. The minimum Gasteiger partial charge on any atom is -0.456 e. The quantitative estimate of drug-likeness (QED) is 0.153. The van der Waals surface area contributed by atoms with Crippen molar-refractivity contribution >= 4 is 60.8 Å². The fraction of sp³-hybridized carbons (Fsp3) is 0. The second-order valence-electron chi connectivity index (χ2n) is 16.1. The first-order chi connectivity index (χ1) is 31.3. The van der Waals surface area contributed by atoms with Gasteiger partial charge in [-0.15, -0.1) is 0 Å². The van der Waals surface area contributed by atoms with E-state index in [4.69, 9.17) is 4.42 Å². The molecule has 0 bridgehead atoms. The predicted molar refractivity (Wildman–Crippen MR) is 264 cm³/mol. The first kappa shape index (κ1) is 36.5. The van der Waals surface area contributed by atoms with Crippen LogP contribution in [-0.4, -0.2) is 4.57 Å². The summed E-state index contributed by atoms with van der Waals surface area (Å²) in [5, 5.41) is 4.68. The molecule has 12 aromatic rings. The highest BCUT2D eigenvalue weighted by Crippen LogP contribution is 2.49. The minimum atomic E-state index is 0.851. The zero-order chi connectivity index (χ0) is 41.7. The Labute approximate surface area is 366 Å². The molecule has 0 N–H and O–H groups in total. The first-order valence-corrected chi connectivity index (χ1v) is 21.5. The van der Waals surface area contributed by atoms with E-state index < -0.39 is 0 Å². The van der Waals surface area contributed by atoms with Gasteiger partial charge in [-0.3, -0.25) is 0 Å². The summed E-state index contributed by atoms with van der Waals surface area (Å²) in [6.45, 7) is 0. The summed E-state index contributed by atoms with van der Waals surface area (Å²) in [7, 11) is 0. The molecule has 10 aromatic carbocycles. The number of hydrogen-bond acceptors (Lipinski definition) is 2. The van der Waals surface area contributed by atoms with Crippen molar-refractivity contribution < 1.29 is 4.42 Å². The average Bonchev–Trinajstić information content (AvgIpc) is 3.90. The van der Waals surface area contributed by atoms with Crippen LogP contribution in [0.25, 0.3) is 93.9 Å². The van der Waals surface area contributed by atoms with Gasteiger partial charge < -0.3 is 13.9 Å². The molecule has 3 nitrogen and oxygen atoms in total. The van der Waals surface area contributed by atoms with E-state index in [1.165, 1.54) is 38.5 Å². The molecule has 0 amide bonds. The molecule has 296 valence electrons. The smallest absolute Gasteiger partial charge is 0.137 e. The minimum absolute atomic E-state index is 0.851. The molecule has 3 heteroatoms. The molecule has 0 radical (unpaired) electrons. The summed E-state index contributed by atoms with van der Waals surface area (Å²) < 4.78 is 8.91. The van der Waals surface area contributed by atoms with Gasteiger partial charge in [0.2, 0.25) is 0 Å². The number of rotatable bonds is 8. The number of anilines is 3. The van der Waals surface area contributed by atoms with Crippen LogP contribution in [0.4, 0.5) is 17.1 Å². The van der Waals surface area contributed by atoms with Gasteiger partial charge in [0.15, 0.2) is 0 Å². The molecule has 2 aromatic heterocycles. The number of hydrogen-bond donors (Lipinski definition) is 0. The molecule has 0 saturated heterocycles. The van der Waals surface area contributed by atoms with Gasteiger partial charge in [-0.25, -0.2) is 0 Å². The number of nitrogens with zero attached hydrogens (tertiary/aromatic N) is 2. The summed E-state index contributed by atoms with van der Waals surface area (Å²) in [6, 6.07) is 87.1. The normalized spacial score (nSPS) is 11.5. The summed E-state index contributed by atoms with van der Waals surface area (Å²) in [5.41, 5.74) is 17.7. The van der Waals surface area contributed by atoms with E-state index in [9.17, 15) is 0 Å². The van der Waals surface area contributed by atoms with Crippen LogP contribution in [0, 0.1) is 0 Å². The van der Waals surface area contributed by atoms with Gasteiger partial charge in [-0.2, -0.15) is 0 Å². The Morgan fingerprint density at radius 3 is 1.67 bits per heavy atom. The summed E-state index contributed by atoms with van der Waals surface area (Å²) in [5.74, 6) is 0. The molecule has 2 heterocycles. The zero-order valence-corrected chi connectivity index (χ0v) is 34.4. The van der Waals surface area contributed by atoms with Crippen molar-refractivity contribution in [1.82, 2.24) is 4.57 Å². The Balaban J connectivity index is 1.06. The second kappa shape index (κ2) is 15.3. The van der Waals surface area contributed by atoms with Gasteiger partial charge in [0.1, 0.15) is 11.2 Å². The van der Waals surface area contributed by atoms with Crippen LogP contribution in [0.15, 0.2) is 247 Å². The van der Waals surface area contributed by atoms with Gasteiger partial charge in [0.05, 0.1) is 16.7 Å². The largest absolute Gasteiger partial charge is 0.456 e. The fourth-order valence-electron chi connectivity index (χ4n) is 9.53. The summed E-state index contributed by atoms with van der Waals surface area (Å²) >= 11 is 0. The van der Waals surface area contributed by atoms with Crippen molar-refractivity contribution in [3.8, 4) is 50.2 Å². The molecule has 0 spiro atoms. The van der Waals surface area contributed by atoms with Crippen molar-refractivity contribution in [3.05, 3.63) is 243 Å². The molecular weight excluding hydrogens is 765 g/mol. The van der Waals surface area contributed by atoms with Crippen molar-refractivity contribution in [1.29, 1.82) is 0 Å². The standard InChI is InChI=1S/C60H40N2O/c1-4-17-42(18-5-1)48-23-10-11-26-53(48)60-49(43-19-6-2-7-20-43)27-16-29-57(60)61(47-36-37-52-51-25-13-15-30-58(51)63-59(52)40-47)46-34-31-41(32-35-46)44-33-38-56-54(39-44)50-24-12-14-28-55(50)62(56)45-21-8-3-9-22-45/h1-40H. The van der Waals surface area contributed by atoms with Crippen LogP contribution < -0.4 is 4.90 Å². The maximum Gasteiger partial charge on any atom is 0.137 e. The molecule has 63 heavy (non-hydrogen) atoms. The lowest BCUT2D eigenvalue weighted by Gasteiger charge is -2.30. The summed E-state index contributed by atoms with van der Waals surface area (Å²) in [6.07, 6.45) is 0. The van der Waals surface area contributed by atoms with Crippen molar-refractivity contribution in [2.45, 2.75) is 0 Å². The topological polar surface area (TPSA) is 21.3 Å². The van der Waals surface area contributed by atoms with E-state index in [0.717, 1.165) is 72.5 Å². The number of aromatic nitrogens is 1. The maximum atomic E-state index is 6.54. The molecule has 12 rings (SSSR count). The van der Waals surface area contributed by atoms with Crippen LogP contribution in [0.5, 0.6) is 0 Å². The Kier molecular flexibility index (Phi) is 8.83. The number of fused-ring (bicyclic) bond motifs is 6. The average molecular weight is 805 g/mol. The van der Waals surface area contributed by atoms with Gasteiger partial charge >= 0.3 is 0 Å². The van der Waals surface area contributed by atoms with E-state index >= 15 is 0 Å². The number of para-hydroxylation sites is 3. The Morgan fingerprint density at radius 1 is 0.317 bits per heavy atom. The molecule has 0 atom stereocenters. The monoisotopic (exact) mass is 804 g/mol. The number of benzene rings is 10.